The maximum atomic E-state index is 12.4. The van der Waals surface area contributed by atoms with Crippen molar-refractivity contribution in [3.05, 3.63) is 42.0 Å². The predicted molar refractivity (Wildman–Crippen MR) is 109 cm³/mol. The zero-order valence-corrected chi connectivity index (χ0v) is 17.1. The number of nitrogens with one attached hydrogen (secondary N) is 1. The lowest BCUT2D eigenvalue weighted by molar-refractivity contribution is -0.117. The molecule has 0 saturated heterocycles. The Morgan fingerprint density at radius 2 is 1.68 bits per heavy atom. The van der Waals surface area contributed by atoms with E-state index in [1.807, 2.05) is 37.1 Å². The lowest BCUT2D eigenvalue weighted by Crippen LogP contribution is -2.30. The Balaban J connectivity index is 1.99. The summed E-state index contributed by atoms with van der Waals surface area (Å²) in [7, 11) is 6.63. The minimum Gasteiger partial charge on any atom is -0.497 e. The molecular formula is C21H28N2O5. The summed E-state index contributed by atoms with van der Waals surface area (Å²) in [5, 5.41) is 2.87. The number of hydrogen-bond acceptors (Lipinski definition) is 6. The minimum absolute atomic E-state index is 0.146. The van der Waals surface area contributed by atoms with Crippen molar-refractivity contribution in [2.75, 3.05) is 46.8 Å². The monoisotopic (exact) mass is 388 g/mol. The molecule has 0 aliphatic heterocycles. The SMILES string of the molecule is CCOc1ccc(CN(C)CC(=O)Nc2cc(OC)ccc2OC)cc1OC. The van der Waals surface area contributed by atoms with Crippen molar-refractivity contribution in [2.24, 2.45) is 0 Å². The van der Waals surface area contributed by atoms with Gasteiger partial charge in [-0.15, -0.1) is 0 Å². The van der Waals surface area contributed by atoms with E-state index in [2.05, 4.69) is 5.32 Å². The molecule has 0 aromatic heterocycles. The summed E-state index contributed by atoms with van der Waals surface area (Å²) in [5.74, 6) is 2.46. The molecule has 0 aliphatic carbocycles. The first-order valence-corrected chi connectivity index (χ1v) is 9.00. The van der Waals surface area contributed by atoms with E-state index >= 15 is 0 Å². The predicted octanol–water partition coefficient (Wildman–Crippen LogP) is 3.18. The summed E-state index contributed by atoms with van der Waals surface area (Å²) >= 11 is 0. The van der Waals surface area contributed by atoms with Crippen LogP contribution in [0.15, 0.2) is 36.4 Å². The zero-order valence-electron chi connectivity index (χ0n) is 17.1. The van der Waals surface area contributed by atoms with Gasteiger partial charge in [0.1, 0.15) is 11.5 Å². The third-order valence-electron chi connectivity index (χ3n) is 4.07. The van der Waals surface area contributed by atoms with Crippen molar-refractivity contribution < 1.29 is 23.7 Å². The molecule has 0 bridgehead atoms. The lowest BCUT2D eigenvalue weighted by atomic mass is 10.2. The molecular weight excluding hydrogens is 360 g/mol. The molecule has 152 valence electrons. The van der Waals surface area contributed by atoms with E-state index in [1.165, 1.54) is 0 Å². The average Bonchev–Trinajstić information content (AvgIpc) is 2.68. The highest BCUT2D eigenvalue weighted by Crippen LogP contribution is 2.29. The second kappa shape index (κ2) is 10.4. The Bertz CT molecular complexity index is 794. The van der Waals surface area contributed by atoms with Gasteiger partial charge in [0.2, 0.25) is 5.91 Å². The van der Waals surface area contributed by atoms with Crippen LogP contribution in [0.1, 0.15) is 12.5 Å². The van der Waals surface area contributed by atoms with Crippen LogP contribution in [0, 0.1) is 0 Å². The Morgan fingerprint density at radius 3 is 2.32 bits per heavy atom. The molecule has 0 spiro atoms. The molecule has 0 aliphatic rings. The minimum atomic E-state index is -0.146. The molecule has 2 rings (SSSR count). The number of nitrogens with zero attached hydrogens (tertiary/aromatic N) is 1. The number of carbonyl (C=O) groups excluding carboxylic acids is 1. The highest BCUT2D eigenvalue weighted by atomic mass is 16.5. The number of carbonyl (C=O) groups is 1. The van der Waals surface area contributed by atoms with E-state index in [1.54, 1.807) is 39.5 Å². The molecule has 1 N–H and O–H groups in total. The van der Waals surface area contributed by atoms with Crippen LogP contribution < -0.4 is 24.3 Å². The molecule has 0 fully saturated rings. The van der Waals surface area contributed by atoms with Crippen LogP contribution in [0.3, 0.4) is 0 Å². The molecule has 2 aromatic rings. The fourth-order valence-electron chi connectivity index (χ4n) is 2.80. The van der Waals surface area contributed by atoms with Gasteiger partial charge in [-0.2, -0.15) is 0 Å². The van der Waals surface area contributed by atoms with Crippen molar-refractivity contribution in [1.29, 1.82) is 0 Å². The molecule has 0 unspecified atom stereocenters. The van der Waals surface area contributed by atoms with Crippen LogP contribution in [0.25, 0.3) is 0 Å². The van der Waals surface area contributed by atoms with Crippen LogP contribution in [0.4, 0.5) is 5.69 Å². The van der Waals surface area contributed by atoms with E-state index in [9.17, 15) is 4.79 Å². The summed E-state index contributed by atoms with van der Waals surface area (Å²) < 4.78 is 21.4. The summed E-state index contributed by atoms with van der Waals surface area (Å²) in [6, 6.07) is 11.0. The third kappa shape index (κ3) is 5.79. The van der Waals surface area contributed by atoms with E-state index in [0.717, 1.165) is 5.56 Å². The van der Waals surface area contributed by atoms with Gasteiger partial charge in [-0.05, 0) is 43.8 Å². The number of rotatable bonds is 10. The van der Waals surface area contributed by atoms with Crippen molar-refractivity contribution >= 4 is 11.6 Å². The number of benzene rings is 2. The largest absolute Gasteiger partial charge is 0.497 e. The van der Waals surface area contributed by atoms with Crippen molar-refractivity contribution in [3.8, 4) is 23.0 Å². The topological polar surface area (TPSA) is 69.3 Å². The summed E-state index contributed by atoms with van der Waals surface area (Å²) in [5.41, 5.74) is 1.59. The molecule has 0 atom stereocenters. The van der Waals surface area contributed by atoms with Crippen molar-refractivity contribution in [1.82, 2.24) is 4.90 Å². The van der Waals surface area contributed by atoms with E-state index in [4.69, 9.17) is 18.9 Å². The highest BCUT2D eigenvalue weighted by Gasteiger charge is 2.13. The lowest BCUT2D eigenvalue weighted by Gasteiger charge is -2.18. The Hall–Kier alpha value is -2.93. The van der Waals surface area contributed by atoms with Crippen molar-refractivity contribution in [2.45, 2.75) is 13.5 Å². The number of likely N-dealkylation sites (N-methyl/N-ethyl adjacent to an activating group) is 1. The number of anilines is 1. The summed E-state index contributed by atoms with van der Waals surface area (Å²) in [6.45, 7) is 3.31. The zero-order chi connectivity index (χ0) is 20.5. The normalized spacial score (nSPS) is 10.5. The van der Waals surface area contributed by atoms with Gasteiger partial charge in [0.25, 0.3) is 0 Å². The van der Waals surface area contributed by atoms with Crippen LogP contribution in [0.5, 0.6) is 23.0 Å². The van der Waals surface area contributed by atoms with Gasteiger partial charge in [-0.3, -0.25) is 9.69 Å². The quantitative estimate of drug-likeness (QED) is 0.674. The van der Waals surface area contributed by atoms with Gasteiger partial charge in [-0.1, -0.05) is 6.07 Å². The number of amides is 1. The van der Waals surface area contributed by atoms with Gasteiger partial charge < -0.3 is 24.3 Å². The first-order chi connectivity index (χ1) is 13.5. The maximum Gasteiger partial charge on any atom is 0.238 e. The average molecular weight is 388 g/mol. The smallest absolute Gasteiger partial charge is 0.238 e. The molecule has 2 aromatic carbocycles. The molecule has 0 saturated carbocycles. The molecule has 7 nitrogen and oxygen atoms in total. The number of methoxy groups -OCH3 is 3. The summed E-state index contributed by atoms with van der Waals surface area (Å²) in [4.78, 5) is 14.4. The van der Waals surface area contributed by atoms with Crippen LogP contribution in [-0.2, 0) is 11.3 Å². The molecule has 7 heteroatoms. The summed E-state index contributed by atoms with van der Waals surface area (Å²) in [6.07, 6.45) is 0. The fourth-order valence-corrected chi connectivity index (χ4v) is 2.80. The van der Waals surface area contributed by atoms with Gasteiger partial charge >= 0.3 is 0 Å². The van der Waals surface area contributed by atoms with Crippen LogP contribution in [-0.4, -0.2) is 52.3 Å². The standard InChI is InChI=1S/C21H28N2O5/c1-6-28-19-9-7-15(11-20(19)27-5)13-23(2)14-21(24)22-17-12-16(25-3)8-10-18(17)26-4/h7-12H,6,13-14H2,1-5H3,(H,22,24). The molecule has 28 heavy (non-hydrogen) atoms. The van der Waals surface area contributed by atoms with E-state index in [-0.39, 0.29) is 12.5 Å². The van der Waals surface area contributed by atoms with Gasteiger partial charge in [0, 0.05) is 12.6 Å². The first-order valence-electron chi connectivity index (χ1n) is 9.00. The number of hydrogen-bond donors (Lipinski definition) is 1. The van der Waals surface area contributed by atoms with Crippen molar-refractivity contribution in [3.63, 3.8) is 0 Å². The van der Waals surface area contributed by atoms with E-state index < -0.39 is 0 Å². The first kappa shape index (κ1) is 21.4. The Morgan fingerprint density at radius 1 is 0.964 bits per heavy atom. The second-order valence-corrected chi connectivity index (χ2v) is 6.20. The van der Waals surface area contributed by atoms with E-state index in [0.29, 0.717) is 41.8 Å². The number of ether oxygens (including phenoxy) is 4. The van der Waals surface area contributed by atoms with Crippen LogP contribution in [0.2, 0.25) is 0 Å². The third-order valence-corrected chi connectivity index (χ3v) is 4.07. The second-order valence-electron chi connectivity index (χ2n) is 6.20. The maximum absolute atomic E-state index is 12.4. The molecule has 0 heterocycles. The van der Waals surface area contributed by atoms with Gasteiger partial charge in [-0.25, -0.2) is 0 Å². The molecule has 0 radical (unpaired) electrons. The Kier molecular flexibility index (Phi) is 7.95. The molecule has 1 amide bonds. The highest BCUT2D eigenvalue weighted by molar-refractivity contribution is 5.94. The van der Waals surface area contributed by atoms with Gasteiger partial charge in [0.05, 0.1) is 40.2 Å². The van der Waals surface area contributed by atoms with Gasteiger partial charge in [0.15, 0.2) is 11.5 Å². The Labute approximate surface area is 166 Å². The van der Waals surface area contributed by atoms with Crippen LogP contribution >= 0.6 is 0 Å². The fraction of sp³-hybridized carbons (Fsp3) is 0.381.